The van der Waals surface area contributed by atoms with Gasteiger partial charge in [0.05, 0.1) is 22.3 Å². The van der Waals surface area contributed by atoms with Gasteiger partial charge < -0.3 is 20.5 Å². The Labute approximate surface area is 185 Å². The number of fused-ring (bicyclic) bond motifs is 2. The summed E-state index contributed by atoms with van der Waals surface area (Å²) < 4.78 is 0. The van der Waals surface area contributed by atoms with Crippen molar-refractivity contribution in [2.45, 2.75) is 37.6 Å². The summed E-state index contributed by atoms with van der Waals surface area (Å²) in [6.45, 7) is 1.32. The van der Waals surface area contributed by atoms with E-state index in [4.69, 9.17) is 4.98 Å². The molecule has 3 heterocycles. The van der Waals surface area contributed by atoms with Crippen LogP contribution in [0.2, 0.25) is 0 Å². The summed E-state index contributed by atoms with van der Waals surface area (Å²) in [6.07, 6.45) is 2.18. The first-order valence-electron chi connectivity index (χ1n) is 11.0. The maximum absolute atomic E-state index is 12.8. The van der Waals surface area contributed by atoms with Gasteiger partial charge in [-0.25, -0.2) is 4.98 Å². The van der Waals surface area contributed by atoms with Gasteiger partial charge in [-0.15, -0.1) is 0 Å². The van der Waals surface area contributed by atoms with Crippen molar-refractivity contribution < 1.29 is 14.4 Å². The number of para-hydroxylation sites is 3. The highest BCUT2D eigenvalue weighted by Crippen LogP contribution is 2.28. The van der Waals surface area contributed by atoms with Crippen LogP contribution in [-0.2, 0) is 9.59 Å². The van der Waals surface area contributed by atoms with Crippen LogP contribution >= 0.6 is 0 Å². The van der Waals surface area contributed by atoms with E-state index in [2.05, 4.69) is 15.6 Å². The zero-order valence-corrected chi connectivity index (χ0v) is 17.6. The van der Waals surface area contributed by atoms with Crippen LogP contribution < -0.4 is 10.6 Å². The lowest BCUT2D eigenvalue weighted by Crippen LogP contribution is -2.43. The highest BCUT2D eigenvalue weighted by molar-refractivity contribution is 6.09. The lowest BCUT2D eigenvalue weighted by atomic mass is 9.95. The second-order valence-electron chi connectivity index (χ2n) is 8.39. The van der Waals surface area contributed by atoms with E-state index in [0.717, 1.165) is 29.7 Å². The first-order chi connectivity index (χ1) is 15.6. The first kappa shape index (κ1) is 20.2. The van der Waals surface area contributed by atoms with Crippen molar-refractivity contribution in [2.75, 3.05) is 18.4 Å². The van der Waals surface area contributed by atoms with Crippen LogP contribution in [0.4, 0.5) is 5.69 Å². The van der Waals surface area contributed by atoms with E-state index < -0.39 is 6.04 Å². The third-order valence-corrected chi connectivity index (χ3v) is 6.34. The van der Waals surface area contributed by atoms with E-state index in [0.29, 0.717) is 30.3 Å². The highest BCUT2D eigenvalue weighted by atomic mass is 16.2. The normalized spacial score (nSPS) is 19.2. The second kappa shape index (κ2) is 8.45. The van der Waals surface area contributed by atoms with E-state index in [-0.39, 0.29) is 30.6 Å². The molecule has 0 radical (unpaired) electrons. The maximum Gasteiger partial charge on any atom is 0.254 e. The second-order valence-corrected chi connectivity index (χ2v) is 8.39. The van der Waals surface area contributed by atoms with Gasteiger partial charge in [-0.3, -0.25) is 14.4 Å². The van der Waals surface area contributed by atoms with Crippen LogP contribution in [0.1, 0.15) is 47.8 Å². The number of nitrogens with zero attached hydrogens (tertiary/aromatic N) is 2. The number of carbonyl (C=O) groups is 3. The molecule has 0 bridgehead atoms. The molecular formula is C24H25N5O3. The minimum atomic E-state index is -0.730. The average molecular weight is 431 g/mol. The Kier molecular flexibility index (Phi) is 5.34. The minimum absolute atomic E-state index is 0.0110. The zero-order valence-electron chi connectivity index (χ0n) is 17.6. The van der Waals surface area contributed by atoms with Crippen molar-refractivity contribution in [3.8, 4) is 0 Å². The van der Waals surface area contributed by atoms with E-state index in [1.54, 1.807) is 24.3 Å². The molecule has 8 heteroatoms. The zero-order chi connectivity index (χ0) is 22.1. The molecule has 8 nitrogen and oxygen atoms in total. The summed E-state index contributed by atoms with van der Waals surface area (Å²) >= 11 is 0. The summed E-state index contributed by atoms with van der Waals surface area (Å²) in [4.78, 5) is 47.7. The molecule has 0 aliphatic carbocycles. The summed E-state index contributed by atoms with van der Waals surface area (Å²) in [7, 11) is 0. The van der Waals surface area contributed by atoms with Crippen molar-refractivity contribution in [1.82, 2.24) is 20.2 Å². The summed E-state index contributed by atoms with van der Waals surface area (Å²) in [5.41, 5.74) is 2.93. The van der Waals surface area contributed by atoms with Crippen LogP contribution in [0.5, 0.6) is 0 Å². The standard InChI is InChI=1S/C24H25N5O3/c30-21(10-9-20-24(32)27-17-6-2-1-5-16(17)23(31)28-20)29-13-11-15(12-14-29)22-25-18-7-3-4-8-19(18)26-22/h1-8,15,20H,9-14H2,(H,25,26)(H,27,32)(H,28,31)/t20-/m0/s1. The lowest BCUT2D eigenvalue weighted by Gasteiger charge is -2.31. The number of aromatic nitrogens is 2. The number of carbonyl (C=O) groups excluding carboxylic acids is 3. The van der Waals surface area contributed by atoms with Gasteiger partial charge in [-0.2, -0.15) is 0 Å². The molecule has 1 atom stereocenters. The quantitative estimate of drug-likeness (QED) is 0.590. The number of nitrogens with one attached hydrogen (secondary N) is 3. The van der Waals surface area contributed by atoms with Gasteiger partial charge in [-0.05, 0) is 43.5 Å². The minimum Gasteiger partial charge on any atom is -0.343 e. The lowest BCUT2D eigenvalue weighted by molar-refractivity contribution is -0.132. The molecule has 2 aliphatic heterocycles. The van der Waals surface area contributed by atoms with Crippen molar-refractivity contribution in [2.24, 2.45) is 0 Å². The molecular weight excluding hydrogens is 406 g/mol. The Morgan fingerprint density at radius 2 is 1.78 bits per heavy atom. The van der Waals surface area contributed by atoms with Crippen LogP contribution in [-0.4, -0.2) is 51.7 Å². The summed E-state index contributed by atoms with van der Waals surface area (Å²) in [5.74, 6) is 0.701. The molecule has 164 valence electrons. The smallest absolute Gasteiger partial charge is 0.254 e. The largest absolute Gasteiger partial charge is 0.343 e. The fraction of sp³-hybridized carbons (Fsp3) is 0.333. The average Bonchev–Trinajstić information content (AvgIpc) is 3.21. The number of benzene rings is 2. The van der Waals surface area contributed by atoms with Gasteiger partial charge in [0.25, 0.3) is 5.91 Å². The third-order valence-electron chi connectivity index (χ3n) is 6.34. The molecule has 0 saturated carbocycles. The molecule has 3 amide bonds. The molecule has 2 aliphatic rings. The molecule has 1 fully saturated rings. The number of likely N-dealkylation sites (tertiary alicyclic amines) is 1. The molecule has 1 aromatic heterocycles. The molecule has 32 heavy (non-hydrogen) atoms. The van der Waals surface area contributed by atoms with Crippen molar-refractivity contribution in [3.63, 3.8) is 0 Å². The number of hydrogen-bond donors (Lipinski definition) is 3. The Morgan fingerprint density at radius 1 is 1.03 bits per heavy atom. The number of amides is 3. The van der Waals surface area contributed by atoms with Crippen LogP contribution in [0, 0.1) is 0 Å². The molecule has 0 spiro atoms. The van der Waals surface area contributed by atoms with Crippen molar-refractivity contribution in [3.05, 3.63) is 59.9 Å². The van der Waals surface area contributed by atoms with Gasteiger partial charge >= 0.3 is 0 Å². The number of rotatable bonds is 4. The predicted octanol–water partition coefficient (Wildman–Crippen LogP) is 2.80. The fourth-order valence-electron chi connectivity index (χ4n) is 4.51. The monoisotopic (exact) mass is 431 g/mol. The Morgan fingerprint density at radius 3 is 2.59 bits per heavy atom. The van der Waals surface area contributed by atoms with E-state index in [9.17, 15) is 14.4 Å². The highest BCUT2D eigenvalue weighted by Gasteiger charge is 2.30. The van der Waals surface area contributed by atoms with Crippen LogP contribution in [0.25, 0.3) is 11.0 Å². The number of piperidine rings is 1. The SMILES string of the molecule is O=C1N[C@@H](CCC(=O)N2CCC(c3nc4ccccc4[nH]3)CC2)C(=O)Nc2ccccc21. The van der Waals surface area contributed by atoms with Crippen LogP contribution in [0.15, 0.2) is 48.5 Å². The number of anilines is 1. The number of hydrogen-bond acceptors (Lipinski definition) is 4. The molecule has 2 aromatic carbocycles. The Hall–Kier alpha value is -3.68. The number of H-pyrrole nitrogens is 1. The molecule has 1 saturated heterocycles. The van der Waals surface area contributed by atoms with Gasteiger partial charge in [0.1, 0.15) is 11.9 Å². The van der Waals surface area contributed by atoms with Gasteiger partial charge in [0.2, 0.25) is 11.8 Å². The summed E-state index contributed by atoms with van der Waals surface area (Å²) in [5, 5.41) is 5.53. The van der Waals surface area contributed by atoms with E-state index in [1.165, 1.54) is 0 Å². The topological polar surface area (TPSA) is 107 Å². The number of imidazole rings is 1. The van der Waals surface area contributed by atoms with Crippen molar-refractivity contribution in [1.29, 1.82) is 0 Å². The van der Waals surface area contributed by atoms with E-state index >= 15 is 0 Å². The van der Waals surface area contributed by atoms with Gasteiger partial charge in [0, 0.05) is 25.4 Å². The van der Waals surface area contributed by atoms with Crippen molar-refractivity contribution >= 4 is 34.4 Å². The Balaban J connectivity index is 1.15. The first-order valence-corrected chi connectivity index (χ1v) is 11.0. The predicted molar refractivity (Wildman–Crippen MR) is 120 cm³/mol. The summed E-state index contributed by atoms with van der Waals surface area (Å²) in [6, 6.07) is 14.1. The van der Waals surface area contributed by atoms with Gasteiger partial charge in [0.15, 0.2) is 0 Å². The van der Waals surface area contributed by atoms with E-state index in [1.807, 2.05) is 29.2 Å². The number of aromatic amines is 1. The Bertz CT molecular complexity index is 1150. The molecule has 0 unspecified atom stereocenters. The molecule has 5 rings (SSSR count). The molecule has 3 aromatic rings. The molecule has 3 N–H and O–H groups in total. The maximum atomic E-state index is 12.8. The fourth-order valence-corrected chi connectivity index (χ4v) is 4.51. The third kappa shape index (κ3) is 3.95. The van der Waals surface area contributed by atoms with Crippen LogP contribution in [0.3, 0.4) is 0 Å². The van der Waals surface area contributed by atoms with Gasteiger partial charge in [-0.1, -0.05) is 24.3 Å².